The molecule has 1 unspecified atom stereocenters. The second kappa shape index (κ2) is 8.53. The number of nitrogens with one attached hydrogen (secondary N) is 2. The van der Waals surface area contributed by atoms with Gasteiger partial charge < -0.3 is 5.32 Å². The first-order valence-corrected chi connectivity index (χ1v) is 9.20. The normalized spacial score (nSPS) is 17.4. The lowest BCUT2D eigenvalue weighted by molar-refractivity contribution is -0.115. The molecule has 1 aliphatic heterocycles. The molecule has 22 heavy (non-hydrogen) atoms. The fourth-order valence-electron chi connectivity index (χ4n) is 2.46. The number of amides is 1. The van der Waals surface area contributed by atoms with Crippen molar-refractivity contribution in [3.63, 3.8) is 0 Å². The maximum absolute atomic E-state index is 12.2. The number of anilines is 1. The van der Waals surface area contributed by atoms with Crippen molar-refractivity contribution in [2.45, 2.75) is 50.7 Å². The maximum Gasteiger partial charge on any atom is 0.239 e. The number of unbranched alkanes of at least 4 members (excludes halogenated alkanes) is 1. The van der Waals surface area contributed by atoms with E-state index in [1.165, 1.54) is 0 Å². The molecule has 0 aliphatic carbocycles. The molecular formula is C15H27N5OS. The first-order valence-electron chi connectivity index (χ1n) is 8.16. The van der Waals surface area contributed by atoms with Crippen molar-refractivity contribution in [3.8, 4) is 0 Å². The number of hydrogen-bond acceptors (Lipinski definition) is 5. The van der Waals surface area contributed by atoms with Crippen molar-refractivity contribution >= 4 is 23.6 Å². The predicted molar refractivity (Wildman–Crippen MR) is 91.3 cm³/mol. The van der Waals surface area contributed by atoms with Crippen LogP contribution in [-0.4, -0.2) is 44.8 Å². The molecule has 124 valence electrons. The van der Waals surface area contributed by atoms with Gasteiger partial charge in [-0.3, -0.25) is 10.1 Å². The van der Waals surface area contributed by atoms with Crippen molar-refractivity contribution in [2.75, 3.05) is 24.2 Å². The number of carbonyl (C=O) groups excluding carboxylic acids is 1. The first kappa shape index (κ1) is 17.3. The number of aromatic nitrogens is 3. The zero-order valence-corrected chi connectivity index (χ0v) is 14.6. The maximum atomic E-state index is 12.2. The summed E-state index contributed by atoms with van der Waals surface area (Å²) in [6, 6.07) is 0. The minimum atomic E-state index is -0.0643. The Kier molecular flexibility index (Phi) is 6.70. The molecular weight excluding hydrogens is 298 g/mol. The number of hydrogen-bond donors (Lipinski definition) is 2. The molecule has 0 aromatic carbocycles. The van der Waals surface area contributed by atoms with Crippen LogP contribution in [0.2, 0.25) is 0 Å². The lowest BCUT2D eigenvalue weighted by atomic mass is 9.98. The Morgan fingerprint density at radius 3 is 2.91 bits per heavy atom. The smallest absolute Gasteiger partial charge is 0.239 e. The van der Waals surface area contributed by atoms with Gasteiger partial charge in [-0.15, -0.1) is 11.8 Å². The Morgan fingerprint density at radius 1 is 1.50 bits per heavy atom. The topological polar surface area (TPSA) is 71.8 Å². The summed E-state index contributed by atoms with van der Waals surface area (Å²) in [7, 11) is 1.84. The molecule has 2 heterocycles. The number of thioether (sulfide) groups is 1. The van der Waals surface area contributed by atoms with Crippen LogP contribution in [0.15, 0.2) is 0 Å². The van der Waals surface area contributed by atoms with Gasteiger partial charge in [0.15, 0.2) is 5.82 Å². The van der Waals surface area contributed by atoms with Crippen LogP contribution in [-0.2, 0) is 11.8 Å². The largest absolute Gasteiger partial charge is 0.317 e. The zero-order valence-electron chi connectivity index (χ0n) is 13.8. The van der Waals surface area contributed by atoms with Gasteiger partial charge in [-0.2, -0.15) is 10.1 Å². The second-order valence-electron chi connectivity index (χ2n) is 5.80. The summed E-state index contributed by atoms with van der Waals surface area (Å²) < 4.78 is 1.68. The lowest BCUT2D eigenvalue weighted by Gasteiger charge is -2.19. The Labute approximate surface area is 136 Å². The summed E-state index contributed by atoms with van der Waals surface area (Å²) in [5.41, 5.74) is 0. The summed E-state index contributed by atoms with van der Waals surface area (Å²) >= 11 is 1.69. The number of aryl methyl sites for hydroxylation is 1. The van der Waals surface area contributed by atoms with Gasteiger partial charge in [0.1, 0.15) is 0 Å². The van der Waals surface area contributed by atoms with Crippen LogP contribution in [0.4, 0.5) is 5.95 Å². The fraction of sp³-hybridized carbons (Fsp3) is 0.800. The molecule has 7 heteroatoms. The SMILES string of the molecule is CCCCSC(C)C(=O)Nc1nc(C2CCNCC2)nn1C. The number of carbonyl (C=O) groups is 1. The summed E-state index contributed by atoms with van der Waals surface area (Å²) in [6.45, 7) is 6.12. The van der Waals surface area contributed by atoms with Gasteiger partial charge in [-0.25, -0.2) is 4.68 Å². The van der Waals surface area contributed by atoms with E-state index in [4.69, 9.17) is 0 Å². The molecule has 1 amide bonds. The predicted octanol–water partition coefficient (Wildman–Crippen LogP) is 2.14. The van der Waals surface area contributed by atoms with Crippen LogP contribution in [0.5, 0.6) is 0 Å². The summed E-state index contributed by atoms with van der Waals surface area (Å²) in [5.74, 6) is 2.83. The highest BCUT2D eigenvalue weighted by Crippen LogP contribution is 2.23. The Morgan fingerprint density at radius 2 is 2.23 bits per heavy atom. The third-order valence-corrected chi connectivity index (χ3v) is 5.19. The van der Waals surface area contributed by atoms with Crippen molar-refractivity contribution in [2.24, 2.45) is 7.05 Å². The van der Waals surface area contributed by atoms with E-state index in [1.54, 1.807) is 16.4 Å². The van der Waals surface area contributed by atoms with E-state index in [0.29, 0.717) is 11.9 Å². The Bertz CT molecular complexity index is 484. The van der Waals surface area contributed by atoms with Gasteiger partial charge >= 0.3 is 0 Å². The quantitative estimate of drug-likeness (QED) is 0.752. The lowest BCUT2D eigenvalue weighted by Crippen LogP contribution is -2.27. The van der Waals surface area contributed by atoms with Crippen molar-refractivity contribution in [3.05, 3.63) is 5.82 Å². The van der Waals surface area contributed by atoms with E-state index in [1.807, 2.05) is 14.0 Å². The van der Waals surface area contributed by atoms with E-state index in [0.717, 1.165) is 50.4 Å². The minimum absolute atomic E-state index is 0.00784. The van der Waals surface area contributed by atoms with Crippen LogP contribution >= 0.6 is 11.8 Å². The van der Waals surface area contributed by atoms with Gasteiger partial charge in [-0.05, 0) is 45.0 Å². The van der Waals surface area contributed by atoms with Crippen molar-refractivity contribution in [1.29, 1.82) is 0 Å². The molecule has 1 aromatic heterocycles. The number of piperidine rings is 1. The van der Waals surface area contributed by atoms with Gasteiger partial charge in [0.05, 0.1) is 5.25 Å². The number of rotatable bonds is 7. The highest BCUT2D eigenvalue weighted by atomic mass is 32.2. The molecule has 1 atom stereocenters. The third kappa shape index (κ3) is 4.71. The average molecular weight is 325 g/mol. The molecule has 2 rings (SSSR count). The molecule has 1 saturated heterocycles. The fourth-order valence-corrected chi connectivity index (χ4v) is 3.48. The van der Waals surface area contributed by atoms with Gasteiger partial charge in [0.2, 0.25) is 11.9 Å². The van der Waals surface area contributed by atoms with Crippen LogP contribution in [0.1, 0.15) is 51.3 Å². The van der Waals surface area contributed by atoms with Crippen molar-refractivity contribution in [1.82, 2.24) is 20.1 Å². The molecule has 0 spiro atoms. The van der Waals surface area contributed by atoms with Crippen LogP contribution in [0.25, 0.3) is 0 Å². The molecule has 1 fully saturated rings. The molecule has 1 aromatic rings. The molecule has 0 bridgehead atoms. The van der Waals surface area contributed by atoms with Crippen LogP contribution < -0.4 is 10.6 Å². The van der Waals surface area contributed by atoms with Gasteiger partial charge in [0.25, 0.3) is 0 Å². The molecule has 2 N–H and O–H groups in total. The summed E-state index contributed by atoms with van der Waals surface area (Å²) in [6.07, 6.45) is 4.41. The van der Waals surface area contributed by atoms with E-state index in [-0.39, 0.29) is 11.2 Å². The Balaban J connectivity index is 1.91. The molecule has 0 radical (unpaired) electrons. The van der Waals surface area contributed by atoms with Crippen LogP contribution in [0, 0.1) is 0 Å². The number of nitrogens with zero attached hydrogens (tertiary/aromatic N) is 3. The second-order valence-corrected chi connectivity index (χ2v) is 7.25. The van der Waals surface area contributed by atoms with E-state index in [2.05, 4.69) is 27.6 Å². The van der Waals surface area contributed by atoms with E-state index >= 15 is 0 Å². The molecule has 0 saturated carbocycles. The highest BCUT2D eigenvalue weighted by molar-refractivity contribution is 8.00. The molecule has 1 aliphatic rings. The van der Waals surface area contributed by atoms with Gasteiger partial charge in [-0.1, -0.05) is 13.3 Å². The first-order chi connectivity index (χ1) is 10.6. The van der Waals surface area contributed by atoms with E-state index in [9.17, 15) is 4.79 Å². The summed E-state index contributed by atoms with van der Waals surface area (Å²) in [5, 5.41) is 10.7. The monoisotopic (exact) mass is 325 g/mol. The van der Waals surface area contributed by atoms with Gasteiger partial charge in [0, 0.05) is 13.0 Å². The minimum Gasteiger partial charge on any atom is -0.317 e. The third-order valence-electron chi connectivity index (χ3n) is 3.95. The van der Waals surface area contributed by atoms with Crippen molar-refractivity contribution < 1.29 is 4.79 Å². The summed E-state index contributed by atoms with van der Waals surface area (Å²) in [4.78, 5) is 16.8. The van der Waals surface area contributed by atoms with Crippen LogP contribution in [0.3, 0.4) is 0 Å². The van der Waals surface area contributed by atoms with E-state index < -0.39 is 0 Å². The zero-order chi connectivity index (χ0) is 15.9. The Hall–Kier alpha value is -1.08. The average Bonchev–Trinajstić information content (AvgIpc) is 2.89. The molecule has 6 nitrogen and oxygen atoms in total. The highest BCUT2D eigenvalue weighted by Gasteiger charge is 2.22. The standard InChI is InChI=1S/C15H27N5OS/c1-4-5-10-22-11(2)14(21)18-15-17-13(19-20(15)3)12-6-8-16-9-7-12/h11-12,16H,4-10H2,1-3H3,(H,17,18,19,21).